The first-order valence-electron chi connectivity index (χ1n) is 5.64. The van der Waals surface area contributed by atoms with E-state index >= 15 is 0 Å². The second-order valence-electron chi connectivity index (χ2n) is 4.12. The van der Waals surface area contributed by atoms with Crippen LogP contribution in [0.5, 0.6) is 0 Å². The van der Waals surface area contributed by atoms with Crippen molar-refractivity contribution in [2.75, 3.05) is 12.8 Å². The summed E-state index contributed by atoms with van der Waals surface area (Å²) in [6, 6.07) is 7.79. The molecule has 0 aliphatic carbocycles. The first kappa shape index (κ1) is 14.7. The van der Waals surface area contributed by atoms with Crippen LogP contribution in [0.3, 0.4) is 0 Å². The number of sulfonamides is 1. The Labute approximate surface area is 108 Å². The van der Waals surface area contributed by atoms with Gasteiger partial charge in [0, 0.05) is 19.5 Å². The Morgan fingerprint density at radius 1 is 1.28 bits per heavy atom. The average Bonchev–Trinajstić information content (AvgIpc) is 2.26. The molecule has 0 aliphatic heterocycles. The van der Waals surface area contributed by atoms with Crippen LogP contribution in [0.2, 0.25) is 0 Å². The third-order valence-corrected chi connectivity index (χ3v) is 3.18. The van der Waals surface area contributed by atoms with Crippen molar-refractivity contribution >= 4 is 15.9 Å². The van der Waals surface area contributed by atoms with Crippen LogP contribution >= 0.6 is 0 Å². The highest BCUT2D eigenvalue weighted by Gasteiger charge is 2.05. The van der Waals surface area contributed by atoms with E-state index in [1.54, 1.807) is 0 Å². The van der Waals surface area contributed by atoms with Crippen LogP contribution in [-0.4, -0.2) is 27.1 Å². The second-order valence-corrected chi connectivity index (χ2v) is 5.95. The molecule has 18 heavy (non-hydrogen) atoms. The zero-order valence-electron chi connectivity index (χ0n) is 10.6. The molecule has 0 spiro atoms. The first-order chi connectivity index (χ1) is 8.38. The van der Waals surface area contributed by atoms with Gasteiger partial charge in [-0.3, -0.25) is 4.79 Å². The highest BCUT2D eigenvalue weighted by molar-refractivity contribution is 7.88. The number of carbonyl (C=O) groups is 1. The summed E-state index contributed by atoms with van der Waals surface area (Å²) in [4.78, 5) is 11.5. The van der Waals surface area contributed by atoms with Crippen LogP contribution in [0.25, 0.3) is 0 Å². The summed E-state index contributed by atoms with van der Waals surface area (Å²) in [6.45, 7) is 2.57. The van der Waals surface area contributed by atoms with Crippen molar-refractivity contribution < 1.29 is 13.2 Å². The average molecular weight is 270 g/mol. The Morgan fingerprint density at radius 2 is 1.94 bits per heavy atom. The summed E-state index contributed by atoms with van der Waals surface area (Å²) in [5, 5.41) is 2.75. The zero-order chi connectivity index (χ0) is 13.6. The molecule has 6 heteroatoms. The quantitative estimate of drug-likeness (QED) is 0.792. The molecule has 1 amide bonds. The lowest BCUT2D eigenvalue weighted by Gasteiger charge is -2.07. The van der Waals surface area contributed by atoms with Gasteiger partial charge in [0.05, 0.1) is 6.26 Å². The normalized spacial score (nSPS) is 11.2. The number of nitrogens with one attached hydrogen (secondary N) is 2. The Kier molecular flexibility index (Phi) is 5.30. The minimum atomic E-state index is -3.22. The van der Waals surface area contributed by atoms with E-state index in [0.717, 1.165) is 17.4 Å². The van der Waals surface area contributed by atoms with Gasteiger partial charge in [-0.1, -0.05) is 24.3 Å². The molecular weight excluding hydrogens is 252 g/mol. The molecular formula is C12H18N2O3S. The van der Waals surface area contributed by atoms with Gasteiger partial charge in [0.2, 0.25) is 15.9 Å². The number of hydrogen-bond donors (Lipinski definition) is 2. The van der Waals surface area contributed by atoms with Crippen LogP contribution < -0.4 is 10.0 Å². The Hall–Kier alpha value is -1.40. The maximum Gasteiger partial charge on any atom is 0.221 e. The fraction of sp³-hybridized carbons (Fsp3) is 0.417. The number of benzene rings is 1. The van der Waals surface area contributed by atoms with Gasteiger partial charge in [0.1, 0.15) is 0 Å². The van der Waals surface area contributed by atoms with E-state index in [0.29, 0.717) is 6.54 Å². The summed E-state index contributed by atoms with van der Waals surface area (Å²) in [5.41, 5.74) is 2.17. The van der Waals surface area contributed by atoms with E-state index in [9.17, 15) is 13.2 Å². The molecule has 0 radical (unpaired) electrons. The third-order valence-electron chi connectivity index (χ3n) is 2.45. The summed E-state index contributed by atoms with van der Waals surface area (Å²) in [5.74, 6) is -0.172. The van der Waals surface area contributed by atoms with E-state index in [2.05, 4.69) is 10.0 Å². The topological polar surface area (TPSA) is 75.3 Å². The summed E-state index contributed by atoms with van der Waals surface area (Å²) < 4.78 is 23.9. The van der Waals surface area contributed by atoms with Crippen molar-refractivity contribution in [2.24, 2.45) is 0 Å². The Balaban J connectivity index is 2.32. The maximum atomic E-state index is 11.5. The number of hydrogen-bond acceptors (Lipinski definition) is 3. The smallest absolute Gasteiger partial charge is 0.221 e. The van der Waals surface area contributed by atoms with Gasteiger partial charge in [-0.25, -0.2) is 13.1 Å². The van der Waals surface area contributed by atoms with Gasteiger partial charge in [-0.05, 0) is 18.1 Å². The standard InChI is InChI=1S/C12H18N2O3S/c1-10-5-3-4-6-11(10)9-13-12(15)7-8-14-18(2,16)17/h3-6,14H,7-9H2,1-2H3,(H,13,15). The van der Waals surface area contributed by atoms with Crippen molar-refractivity contribution in [2.45, 2.75) is 19.9 Å². The van der Waals surface area contributed by atoms with Gasteiger partial charge in [-0.15, -0.1) is 0 Å². The lowest BCUT2D eigenvalue weighted by molar-refractivity contribution is -0.121. The second kappa shape index (κ2) is 6.51. The van der Waals surface area contributed by atoms with E-state index in [-0.39, 0.29) is 18.9 Å². The molecule has 1 aromatic carbocycles. The molecule has 1 aromatic rings. The van der Waals surface area contributed by atoms with Crippen LogP contribution in [-0.2, 0) is 21.4 Å². The number of amides is 1. The van der Waals surface area contributed by atoms with Crippen molar-refractivity contribution in [3.63, 3.8) is 0 Å². The predicted octanol–water partition coefficient (Wildman–Crippen LogP) is 0.551. The lowest BCUT2D eigenvalue weighted by atomic mass is 10.1. The predicted molar refractivity (Wildman–Crippen MR) is 70.5 cm³/mol. The molecule has 5 nitrogen and oxygen atoms in total. The fourth-order valence-corrected chi connectivity index (χ4v) is 1.91. The minimum Gasteiger partial charge on any atom is -0.352 e. The third kappa shape index (κ3) is 5.79. The van der Waals surface area contributed by atoms with E-state index < -0.39 is 10.0 Å². The largest absolute Gasteiger partial charge is 0.352 e. The molecule has 0 saturated carbocycles. The summed E-state index contributed by atoms with van der Waals surface area (Å²) in [7, 11) is -3.22. The van der Waals surface area contributed by atoms with Gasteiger partial charge >= 0.3 is 0 Å². The van der Waals surface area contributed by atoms with Crippen molar-refractivity contribution in [3.05, 3.63) is 35.4 Å². The molecule has 2 N–H and O–H groups in total. The van der Waals surface area contributed by atoms with E-state index in [4.69, 9.17) is 0 Å². The number of rotatable bonds is 6. The van der Waals surface area contributed by atoms with Gasteiger partial charge in [0.25, 0.3) is 0 Å². The van der Waals surface area contributed by atoms with Crippen LogP contribution in [0, 0.1) is 6.92 Å². The summed E-state index contributed by atoms with van der Waals surface area (Å²) in [6.07, 6.45) is 1.21. The first-order valence-corrected chi connectivity index (χ1v) is 7.53. The summed E-state index contributed by atoms with van der Waals surface area (Å²) >= 11 is 0. The lowest BCUT2D eigenvalue weighted by Crippen LogP contribution is -2.30. The monoisotopic (exact) mass is 270 g/mol. The number of aryl methyl sites for hydroxylation is 1. The van der Waals surface area contributed by atoms with E-state index in [1.807, 2.05) is 31.2 Å². The molecule has 0 heterocycles. The van der Waals surface area contributed by atoms with Crippen molar-refractivity contribution in [1.29, 1.82) is 0 Å². The molecule has 0 unspecified atom stereocenters. The van der Waals surface area contributed by atoms with Gasteiger partial charge in [0.15, 0.2) is 0 Å². The fourth-order valence-electron chi connectivity index (χ4n) is 1.44. The van der Waals surface area contributed by atoms with Crippen LogP contribution in [0.15, 0.2) is 24.3 Å². The Morgan fingerprint density at radius 3 is 2.56 bits per heavy atom. The maximum absolute atomic E-state index is 11.5. The molecule has 0 saturated heterocycles. The van der Waals surface area contributed by atoms with Crippen molar-refractivity contribution in [1.82, 2.24) is 10.0 Å². The molecule has 0 fully saturated rings. The molecule has 1 rings (SSSR count). The van der Waals surface area contributed by atoms with Gasteiger partial charge in [-0.2, -0.15) is 0 Å². The van der Waals surface area contributed by atoms with Crippen LogP contribution in [0.4, 0.5) is 0 Å². The molecule has 0 aromatic heterocycles. The zero-order valence-corrected chi connectivity index (χ0v) is 11.4. The van der Waals surface area contributed by atoms with Crippen LogP contribution in [0.1, 0.15) is 17.5 Å². The molecule has 0 aliphatic rings. The molecule has 100 valence electrons. The van der Waals surface area contributed by atoms with Gasteiger partial charge < -0.3 is 5.32 Å². The highest BCUT2D eigenvalue weighted by Crippen LogP contribution is 2.05. The van der Waals surface area contributed by atoms with Crippen molar-refractivity contribution in [3.8, 4) is 0 Å². The number of carbonyl (C=O) groups excluding carboxylic acids is 1. The molecule has 0 bridgehead atoms. The molecule has 0 atom stereocenters. The minimum absolute atomic E-state index is 0.123. The van der Waals surface area contributed by atoms with E-state index in [1.165, 1.54) is 0 Å². The highest BCUT2D eigenvalue weighted by atomic mass is 32.2. The SMILES string of the molecule is Cc1ccccc1CNC(=O)CCNS(C)(=O)=O. The Bertz CT molecular complexity index is 512.